The van der Waals surface area contributed by atoms with E-state index in [0.717, 1.165) is 109 Å². The third-order valence-corrected chi connectivity index (χ3v) is 11.1. The molecule has 0 radical (unpaired) electrons. The number of ether oxygens (including phenoxy) is 3. The second-order valence-electron chi connectivity index (χ2n) is 17.4. The van der Waals surface area contributed by atoms with Gasteiger partial charge < -0.3 is 14.2 Å². The van der Waals surface area contributed by atoms with Crippen molar-refractivity contribution in [2.45, 2.75) is 245 Å². The van der Waals surface area contributed by atoms with E-state index >= 15 is 0 Å². The molecule has 0 saturated carbocycles. The van der Waals surface area contributed by atoms with E-state index < -0.39 is 6.10 Å². The van der Waals surface area contributed by atoms with Crippen molar-refractivity contribution >= 4 is 11.9 Å². The monoisotopic (exact) mass is 889 g/mol. The number of hydrogen-bond acceptors (Lipinski definition) is 5. The Morgan fingerprint density at radius 2 is 0.703 bits per heavy atom. The molecule has 0 fully saturated rings. The summed E-state index contributed by atoms with van der Waals surface area (Å²) in [6, 6.07) is 0. The molecule has 0 spiro atoms. The molecule has 5 heteroatoms. The summed E-state index contributed by atoms with van der Waals surface area (Å²) < 4.78 is 17.4. The Balaban J connectivity index is 4.38. The molecule has 366 valence electrons. The van der Waals surface area contributed by atoms with E-state index in [4.69, 9.17) is 14.2 Å². The van der Waals surface area contributed by atoms with E-state index in [1.54, 1.807) is 0 Å². The quantitative estimate of drug-likeness (QED) is 0.0346. The minimum Gasteiger partial charge on any atom is -0.462 e. The normalized spacial score (nSPS) is 13.0. The lowest BCUT2D eigenvalue weighted by molar-refractivity contribution is -0.163. The van der Waals surface area contributed by atoms with Crippen molar-refractivity contribution in [1.29, 1.82) is 0 Å². The smallest absolute Gasteiger partial charge is 0.306 e. The van der Waals surface area contributed by atoms with Crippen LogP contribution in [0.25, 0.3) is 0 Å². The third kappa shape index (κ3) is 51.5. The molecular weight excluding hydrogens is 789 g/mol. The standard InChI is InChI=1S/C59H100O5/c1-4-7-10-13-16-19-22-25-28-30-32-34-37-40-43-46-49-52-58(60)63-56-57(55-62-54-51-48-45-42-39-36-33-29-26-23-20-17-14-11-8-5-2)64-59(61)53-50-47-44-41-38-35-31-27-24-21-18-15-12-9-6-3/h7,10,16-21,25-29,31-32,34,57H,4-6,8-9,11-15,22-24,30,33,35-56H2,1-3H3/b10-7-,19-16-,20-17-,21-18-,28-25-,29-26-,31-27-,34-32-. The molecule has 0 heterocycles. The largest absolute Gasteiger partial charge is 0.462 e. The van der Waals surface area contributed by atoms with Crippen LogP contribution in [0.15, 0.2) is 97.2 Å². The van der Waals surface area contributed by atoms with Gasteiger partial charge in [-0.3, -0.25) is 9.59 Å². The van der Waals surface area contributed by atoms with E-state index in [9.17, 15) is 9.59 Å². The summed E-state index contributed by atoms with van der Waals surface area (Å²) in [4.78, 5) is 25.4. The summed E-state index contributed by atoms with van der Waals surface area (Å²) in [5.74, 6) is -0.448. The van der Waals surface area contributed by atoms with Crippen molar-refractivity contribution < 1.29 is 23.8 Å². The van der Waals surface area contributed by atoms with E-state index in [1.807, 2.05) is 0 Å². The van der Waals surface area contributed by atoms with E-state index in [1.165, 1.54) is 96.3 Å². The minimum absolute atomic E-state index is 0.0578. The number of allylic oxidation sites excluding steroid dienone is 16. The molecule has 0 amide bonds. The van der Waals surface area contributed by atoms with Crippen LogP contribution in [-0.2, 0) is 23.8 Å². The molecular formula is C59H100O5. The molecule has 0 aromatic rings. The predicted octanol–water partition coefficient (Wildman–Crippen LogP) is 18.2. The number of carbonyl (C=O) groups is 2. The highest BCUT2D eigenvalue weighted by molar-refractivity contribution is 5.70. The molecule has 1 unspecified atom stereocenters. The number of esters is 2. The highest BCUT2D eigenvalue weighted by Crippen LogP contribution is 2.13. The summed E-state index contributed by atoms with van der Waals surface area (Å²) in [5, 5.41) is 0. The fourth-order valence-electron chi connectivity index (χ4n) is 7.09. The second kappa shape index (κ2) is 54.2. The maximum absolute atomic E-state index is 12.8. The average molecular weight is 889 g/mol. The predicted molar refractivity (Wildman–Crippen MR) is 279 cm³/mol. The van der Waals surface area contributed by atoms with Gasteiger partial charge in [-0.1, -0.05) is 201 Å². The molecule has 1 atom stereocenters. The van der Waals surface area contributed by atoms with Crippen molar-refractivity contribution in [3.63, 3.8) is 0 Å². The van der Waals surface area contributed by atoms with Gasteiger partial charge in [-0.2, -0.15) is 0 Å². The van der Waals surface area contributed by atoms with Gasteiger partial charge in [0, 0.05) is 19.4 Å². The van der Waals surface area contributed by atoms with E-state index in [2.05, 4.69) is 118 Å². The average Bonchev–Trinajstić information content (AvgIpc) is 3.30. The lowest BCUT2D eigenvalue weighted by Gasteiger charge is -2.18. The second-order valence-corrected chi connectivity index (χ2v) is 17.4. The van der Waals surface area contributed by atoms with Crippen LogP contribution in [0.5, 0.6) is 0 Å². The van der Waals surface area contributed by atoms with Gasteiger partial charge in [0.15, 0.2) is 6.10 Å². The van der Waals surface area contributed by atoms with Crippen LogP contribution in [0.3, 0.4) is 0 Å². The zero-order valence-corrected chi connectivity index (χ0v) is 42.0. The topological polar surface area (TPSA) is 61.8 Å². The zero-order valence-electron chi connectivity index (χ0n) is 42.0. The highest BCUT2D eigenvalue weighted by atomic mass is 16.6. The Hall–Kier alpha value is -3.18. The van der Waals surface area contributed by atoms with Crippen LogP contribution in [-0.4, -0.2) is 37.9 Å². The van der Waals surface area contributed by atoms with Crippen LogP contribution >= 0.6 is 0 Å². The summed E-state index contributed by atoms with van der Waals surface area (Å²) in [6.07, 6.45) is 72.7. The van der Waals surface area contributed by atoms with Crippen LogP contribution < -0.4 is 0 Å². The Kier molecular flexibility index (Phi) is 51.5. The molecule has 0 bridgehead atoms. The van der Waals surface area contributed by atoms with Gasteiger partial charge in [0.05, 0.1) is 6.61 Å². The third-order valence-electron chi connectivity index (χ3n) is 11.1. The molecule has 0 rings (SSSR count). The van der Waals surface area contributed by atoms with Crippen molar-refractivity contribution in [3.8, 4) is 0 Å². The molecule has 0 aromatic carbocycles. The van der Waals surface area contributed by atoms with Crippen LogP contribution in [0.4, 0.5) is 0 Å². The van der Waals surface area contributed by atoms with E-state index in [0.29, 0.717) is 19.4 Å². The van der Waals surface area contributed by atoms with Crippen LogP contribution in [0.2, 0.25) is 0 Å². The van der Waals surface area contributed by atoms with E-state index in [-0.39, 0.29) is 25.2 Å². The molecule has 0 aliphatic heterocycles. The number of rotatable bonds is 48. The molecule has 5 nitrogen and oxygen atoms in total. The lowest BCUT2D eigenvalue weighted by atomic mass is 10.1. The Labute approximate surface area is 396 Å². The fraction of sp³-hybridized carbons (Fsp3) is 0.695. The number of hydrogen-bond donors (Lipinski definition) is 0. The van der Waals surface area contributed by atoms with Gasteiger partial charge in [-0.05, 0) is 122 Å². The van der Waals surface area contributed by atoms with Crippen molar-refractivity contribution in [3.05, 3.63) is 97.2 Å². The molecule has 0 N–H and O–H groups in total. The zero-order chi connectivity index (χ0) is 46.3. The SMILES string of the molecule is CC/C=C\C/C=C\C/C=C\C/C=C\CCCCCCC(=O)OCC(COCCCCCCCC/C=C\C/C=C\CCCCC)OC(=O)CCCCCCC/C=C\C/C=C\CCCCC. The molecule has 0 aliphatic carbocycles. The first kappa shape index (κ1) is 60.8. The van der Waals surface area contributed by atoms with Gasteiger partial charge in [0.1, 0.15) is 6.61 Å². The Morgan fingerprint density at radius 1 is 0.359 bits per heavy atom. The Bertz CT molecular complexity index is 1230. The first-order chi connectivity index (χ1) is 31.6. The van der Waals surface area contributed by atoms with Gasteiger partial charge in [0.25, 0.3) is 0 Å². The van der Waals surface area contributed by atoms with Gasteiger partial charge in [0.2, 0.25) is 0 Å². The summed E-state index contributed by atoms with van der Waals surface area (Å²) in [6.45, 7) is 7.60. The molecule has 64 heavy (non-hydrogen) atoms. The van der Waals surface area contributed by atoms with Gasteiger partial charge in [-0.25, -0.2) is 0 Å². The van der Waals surface area contributed by atoms with Crippen molar-refractivity contribution in [2.24, 2.45) is 0 Å². The molecule has 0 aliphatic rings. The minimum atomic E-state index is -0.565. The fourth-order valence-corrected chi connectivity index (χ4v) is 7.09. The Morgan fingerprint density at radius 3 is 1.12 bits per heavy atom. The van der Waals surface area contributed by atoms with Gasteiger partial charge in [-0.15, -0.1) is 0 Å². The van der Waals surface area contributed by atoms with Crippen LogP contribution in [0, 0.1) is 0 Å². The maximum Gasteiger partial charge on any atom is 0.306 e. The highest BCUT2D eigenvalue weighted by Gasteiger charge is 2.17. The maximum atomic E-state index is 12.8. The summed E-state index contributed by atoms with van der Waals surface area (Å²) in [7, 11) is 0. The number of unbranched alkanes of at least 4 members (excludes halogenated alkanes) is 21. The first-order valence-electron chi connectivity index (χ1n) is 26.8. The number of carbonyl (C=O) groups excluding carboxylic acids is 2. The first-order valence-corrected chi connectivity index (χ1v) is 26.8. The molecule has 0 saturated heterocycles. The van der Waals surface area contributed by atoms with Crippen molar-refractivity contribution in [2.75, 3.05) is 19.8 Å². The van der Waals surface area contributed by atoms with Crippen LogP contribution in [0.1, 0.15) is 239 Å². The summed E-state index contributed by atoms with van der Waals surface area (Å²) >= 11 is 0. The summed E-state index contributed by atoms with van der Waals surface area (Å²) in [5.41, 5.74) is 0. The van der Waals surface area contributed by atoms with Gasteiger partial charge >= 0.3 is 11.9 Å². The molecule has 0 aromatic heterocycles. The van der Waals surface area contributed by atoms with Crippen molar-refractivity contribution in [1.82, 2.24) is 0 Å². The lowest BCUT2D eigenvalue weighted by Crippen LogP contribution is -2.30.